The zero-order valence-electron chi connectivity index (χ0n) is 7.99. The minimum atomic E-state index is -3.38. The maximum absolute atomic E-state index is 12.7. The molecule has 0 aliphatic heterocycles. The van der Waals surface area contributed by atoms with Crippen LogP contribution >= 0.6 is 0 Å². The van der Waals surface area contributed by atoms with Gasteiger partial charge in [-0.1, -0.05) is 6.07 Å². The minimum Gasteiger partial charge on any atom is -0.283 e. The van der Waals surface area contributed by atoms with E-state index in [0.29, 0.717) is 0 Å². The quantitative estimate of drug-likeness (QED) is 0.841. The number of halogens is 1. The fourth-order valence-electron chi connectivity index (χ4n) is 0.834. The molecule has 1 aromatic carbocycles. The summed E-state index contributed by atoms with van der Waals surface area (Å²) in [6.45, 7) is 3.11. The SMILES string of the molecule is CC(C)S(=O)(=O)Nc1cccc(F)c1. The Bertz CT molecular complexity index is 415. The lowest BCUT2D eigenvalue weighted by Gasteiger charge is -2.10. The largest absolute Gasteiger partial charge is 0.283 e. The van der Waals surface area contributed by atoms with Crippen LogP contribution in [0, 0.1) is 5.82 Å². The third-order valence-electron chi connectivity index (χ3n) is 1.71. The minimum absolute atomic E-state index is 0.249. The summed E-state index contributed by atoms with van der Waals surface area (Å²) < 4.78 is 37.8. The number of rotatable bonds is 3. The summed E-state index contributed by atoms with van der Waals surface area (Å²) in [6, 6.07) is 5.35. The molecule has 0 spiro atoms. The first-order valence-corrected chi connectivity index (χ1v) is 5.73. The van der Waals surface area contributed by atoms with Gasteiger partial charge in [0.2, 0.25) is 10.0 Å². The predicted molar refractivity (Wildman–Crippen MR) is 54.1 cm³/mol. The third kappa shape index (κ3) is 2.70. The summed E-state index contributed by atoms with van der Waals surface area (Å²) in [7, 11) is -3.38. The van der Waals surface area contributed by atoms with Crippen LogP contribution in [0.2, 0.25) is 0 Å². The van der Waals surface area contributed by atoms with Crippen LogP contribution < -0.4 is 4.72 Å². The van der Waals surface area contributed by atoms with E-state index in [1.165, 1.54) is 18.2 Å². The Morgan fingerprint density at radius 1 is 1.36 bits per heavy atom. The van der Waals surface area contributed by atoms with E-state index < -0.39 is 21.1 Å². The van der Waals surface area contributed by atoms with Gasteiger partial charge in [0.25, 0.3) is 0 Å². The van der Waals surface area contributed by atoms with E-state index in [-0.39, 0.29) is 5.69 Å². The molecule has 78 valence electrons. The molecule has 0 saturated carbocycles. The number of nitrogens with one attached hydrogen (secondary N) is 1. The van der Waals surface area contributed by atoms with Gasteiger partial charge in [-0.25, -0.2) is 12.8 Å². The Hall–Kier alpha value is -1.10. The number of sulfonamides is 1. The molecule has 3 nitrogen and oxygen atoms in total. The average Bonchev–Trinajstić information content (AvgIpc) is 2.02. The molecule has 1 rings (SSSR count). The lowest BCUT2D eigenvalue weighted by molar-refractivity contribution is 0.592. The lowest BCUT2D eigenvalue weighted by atomic mass is 10.3. The molecule has 0 heterocycles. The molecule has 0 aliphatic carbocycles. The molecule has 0 fully saturated rings. The molecule has 14 heavy (non-hydrogen) atoms. The van der Waals surface area contributed by atoms with Crippen molar-refractivity contribution in [1.29, 1.82) is 0 Å². The summed E-state index contributed by atoms with van der Waals surface area (Å²) in [5, 5.41) is -0.536. The van der Waals surface area contributed by atoms with Crippen LogP contribution in [0.4, 0.5) is 10.1 Å². The molecular weight excluding hydrogens is 205 g/mol. The Morgan fingerprint density at radius 3 is 2.50 bits per heavy atom. The van der Waals surface area contributed by atoms with Crippen LogP contribution in [0.1, 0.15) is 13.8 Å². The number of hydrogen-bond acceptors (Lipinski definition) is 2. The molecule has 0 aromatic heterocycles. The van der Waals surface area contributed by atoms with E-state index >= 15 is 0 Å². The standard InChI is InChI=1S/C9H12FNO2S/c1-7(2)14(12,13)11-9-5-3-4-8(10)6-9/h3-7,11H,1-2H3. The van der Waals surface area contributed by atoms with E-state index in [9.17, 15) is 12.8 Å². The van der Waals surface area contributed by atoms with Crippen LogP contribution in [-0.4, -0.2) is 13.7 Å². The molecule has 0 radical (unpaired) electrons. The van der Waals surface area contributed by atoms with E-state index in [1.807, 2.05) is 0 Å². The van der Waals surface area contributed by atoms with E-state index in [4.69, 9.17) is 0 Å². The molecule has 0 atom stereocenters. The first-order chi connectivity index (χ1) is 6.42. The highest BCUT2D eigenvalue weighted by Gasteiger charge is 2.15. The summed E-state index contributed by atoms with van der Waals surface area (Å²) >= 11 is 0. The van der Waals surface area contributed by atoms with Crippen molar-refractivity contribution in [2.75, 3.05) is 4.72 Å². The highest BCUT2D eigenvalue weighted by atomic mass is 32.2. The van der Waals surface area contributed by atoms with Gasteiger partial charge in [0.15, 0.2) is 0 Å². The summed E-state index contributed by atoms with van der Waals surface area (Å²) in [5.74, 6) is -0.464. The zero-order valence-corrected chi connectivity index (χ0v) is 8.81. The van der Waals surface area contributed by atoms with Crippen LogP contribution in [-0.2, 0) is 10.0 Å². The van der Waals surface area contributed by atoms with Crippen LogP contribution in [0.3, 0.4) is 0 Å². The number of hydrogen-bond donors (Lipinski definition) is 1. The molecule has 0 amide bonds. The summed E-state index contributed by atoms with van der Waals surface area (Å²) in [4.78, 5) is 0. The zero-order chi connectivity index (χ0) is 10.8. The lowest BCUT2D eigenvalue weighted by Crippen LogP contribution is -2.22. The number of anilines is 1. The van der Waals surface area contributed by atoms with Gasteiger partial charge in [-0.2, -0.15) is 0 Å². The van der Waals surface area contributed by atoms with Gasteiger partial charge in [0, 0.05) is 0 Å². The second-order valence-corrected chi connectivity index (χ2v) is 5.44. The van der Waals surface area contributed by atoms with E-state index in [2.05, 4.69) is 4.72 Å². The second kappa shape index (κ2) is 3.96. The van der Waals surface area contributed by atoms with Crippen molar-refractivity contribution in [3.63, 3.8) is 0 Å². The molecule has 0 saturated heterocycles. The van der Waals surface area contributed by atoms with Gasteiger partial charge in [-0.3, -0.25) is 4.72 Å². The normalized spacial score (nSPS) is 11.7. The highest BCUT2D eigenvalue weighted by Crippen LogP contribution is 2.12. The summed E-state index contributed by atoms with van der Waals surface area (Å²) in [5.41, 5.74) is 0.249. The van der Waals surface area contributed by atoms with Gasteiger partial charge in [-0.05, 0) is 32.0 Å². The Kier molecular flexibility index (Phi) is 3.10. The van der Waals surface area contributed by atoms with Gasteiger partial charge in [-0.15, -0.1) is 0 Å². The predicted octanol–water partition coefficient (Wildman–Crippen LogP) is 1.98. The molecule has 5 heteroatoms. The van der Waals surface area contributed by atoms with Crippen LogP contribution in [0.25, 0.3) is 0 Å². The first-order valence-electron chi connectivity index (χ1n) is 4.19. The Labute approximate surface area is 83.0 Å². The first kappa shape index (κ1) is 11.0. The molecule has 1 aromatic rings. The van der Waals surface area contributed by atoms with Crippen molar-refractivity contribution in [3.8, 4) is 0 Å². The Morgan fingerprint density at radius 2 is 2.00 bits per heavy atom. The van der Waals surface area contributed by atoms with Crippen molar-refractivity contribution in [2.45, 2.75) is 19.1 Å². The van der Waals surface area contributed by atoms with Gasteiger partial charge < -0.3 is 0 Å². The summed E-state index contributed by atoms with van der Waals surface area (Å²) in [6.07, 6.45) is 0. The Balaban J connectivity index is 2.90. The molecule has 0 unspecified atom stereocenters. The fourth-order valence-corrected chi connectivity index (χ4v) is 1.53. The molecule has 0 aliphatic rings. The number of benzene rings is 1. The van der Waals surface area contributed by atoms with E-state index in [1.54, 1.807) is 13.8 Å². The molecule has 0 bridgehead atoms. The second-order valence-electron chi connectivity index (χ2n) is 3.21. The van der Waals surface area contributed by atoms with Crippen molar-refractivity contribution in [3.05, 3.63) is 30.1 Å². The third-order valence-corrected chi connectivity index (χ3v) is 3.47. The van der Waals surface area contributed by atoms with Gasteiger partial charge >= 0.3 is 0 Å². The topological polar surface area (TPSA) is 46.2 Å². The maximum atomic E-state index is 12.7. The smallest absolute Gasteiger partial charge is 0.235 e. The average molecular weight is 217 g/mol. The van der Waals surface area contributed by atoms with Crippen LogP contribution in [0.5, 0.6) is 0 Å². The van der Waals surface area contributed by atoms with Crippen LogP contribution in [0.15, 0.2) is 24.3 Å². The van der Waals surface area contributed by atoms with Gasteiger partial charge in [0.05, 0.1) is 10.9 Å². The van der Waals surface area contributed by atoms with Gasteiger partial charge in [0.1, 0.15) is 5.82 Å². The molecular formula is C9H12FNO2S. The van der Waals surface area contributed by atoms with Crippen molar-refractivity contribution in [2.24, 2.45) is 0 Å². The maximum Gasteiger partial charge on any atom is 0.235 e. The van der Waals surface area contributed by atoms with Crippen molar-refractivity contribution in [1.82, 2.24) is 0 Å². The van der Waals surface area contributed by atoms with E-state index in [0.717, 1.165) is 6.07 Å². The van der Waals surface area contributed by atoms with Crippen molar-refractivity contribution < 1.29 is 12.8 Å². The monoisotopic (exact) mass is 217 g/mol. The fraction of sp³-hybridized carbons (Fsp3) is 0.333. The highest BCUT2D eigenvalue weighted by molar-refractivity contribution is 7.93. The van der Waals surface area contributed by atoms with Crippen molar-refractivity contribution >= 4 is 15.7 Å². The molecule has 1 N–H and O–H groups in total.